The van der Waals surface area contributed by atoms with Gasteiger partial charge in [-0.15, -0.1) is 0 Å². The Morgan fingerprint density at radius 3 is 2.46 bits per heavy atom. The molecule has 1 saturated heterocycles. The quantitative estimate of drug-likeness (QED) is 0.637. The van der Waals surface area contributed by atoms with E-state index < -0.39 is 5.97 Å². The van der Waals surface area contributed by atoms with Crippen molar-refractivity contribution in [2.75, 3.05) is 20.6 Å². The van der Waals surface area contributed by atoms with E-state index in [1.54, 1.807) is 0 Å². The molecule has 4 nitrogen and oxygen atoms in total. The smallest absolute Gasteiger partial charge is 0.309 e. The lowest BCUT2D eigenvalue weighted by molar-refractivity contribution is -0.141. The minimum Gasteiger partial charge on any atom is -0.481 e. The largest absolute Gasteiger partial charge is 0.481 e. The van der Waals surface area contributed by atoms with Crippen LogP contribution in [0.2, 0.25) is 0 Å². The van der Waals surface area contributed by atoms with Crippen LogP contribution < -0.4 is 5.32 Å². The average Bonchev–Trinajstić information content (AvgIpc) is 2.23. The van der Waals surface area contributed by atoms with Crippen LogP contribution in [0, 0.1) is 5.92 Å². The van der Waals surface area contributed by atoms with Crippen LogP contribution >= 0.6 is 0 Å². The molecule has 1 rings (SSSR count). The normalized spacial score (nSPS) is 33.5. The summed E-state index contributed by atoms with van der Waals surface area (Å²) >= 11 is 0. The van der Waals surface area contributed by atoms with Crippen LogP contribution in [-0.2, 0) is 4.79 Å². The van der Waals surface area contributed by atoms with Gasteiger partial charge in [0.2, 0.25) is 0 Å². The summed E-state index contributed by atoms with van der Waals surface area (Å²) in [5.74, 6) is -1.01. The fraction of sp³-hybridized carbons (Fsp3) is 0.889. The highest BCUT2D eigenvalue weighted by Crippen LogP contribution is 2.31. The fourth-order valence-electron chi connectivity index (χ4n) is 2.14. The van der Waals surface area contributed by atoms with Crippen molar-refractivity contribution >= 4 is 5.97 Å². The van der Waals surface area contributed by atoms with E-state index in [1.165, 1.54) is 0 Å². The molecule has 1 aliphatic heterocycles. The molecule has 76 valence electrons. The molecule has 0 bridgehead atoms. The minimum absolute atomic E-state index is 0.0231. The van der Waals surface area contributed by atoms with Crippen molar-refractivity contribution in [1.82, 2.24) is 10.2 Å². The van der Waals surface area contributed by atoms with Gasteiger partial charge in [0.1, 0.15) is 0 Å². The molecule has 0 aliphatic carbocycles. The zero-order valence-corrected chi connectivity index (χ0v) is 8.66. The summed E-state index contributed by atoms with van der Waals surface area (Å²) in [6.07, 6.45) is 0. The van der Waals surface area contributed by atoms with Gasteiger partial charge in [-0.25, -0.2) is 0 Å². The number of hydrogen-bond donors (Lipinski definition) is 2. The lowest BCUT2D eigenvalue weighted by Crippen LogP contribution is -2.50. The van der Waals surface area contributed by atoms with Crippen molar-refractivity contribution in [2.24, 2.45) is 5.92 Å². The molecular weight excluding hydrogens is 168 g/mol. The van der Waals surface area contributed by atoms with Crippen LogP contribution in [0.5, 0.6) is 0 Å². The third-order valence-electron chi connectivity index (χ3n) is 3.25. The van der Waals surface area contributed by atoms with E-state index in [4.69, 9.17) is 5.11 Å². The topological polar surface area (TPSA) is 52.6 Å². The van der Waals surface area contributed by atoms with Gasteiger partial charge in [0.15, 0.2) is 0 Å². The Kier molecular flexibility index (Phi) is 2.63. The number of likely N-dealkylation sites (N-methyl/N-ethyl adjacent to an activating group) is 2. The van der Waals surface area contributed by atoms with Gasteiger partial charge >= 0.3 is 5.97 Å². The summed E-state index contributed by atoms with van der Waals surface area (Å²) in [5.41, 5.74) is -0.0855. The van der Waals surface area contributed by atoms with Gasteiger partial charge in [-0.2, -0.15) is 0 Å². The first kappa shape index (κ1) is 10.5. The summed E-state index contributed by atoms with van der Waals surface area (Å²) in [7, 11) is 3.79. The predicted molar refractivity (Wildman–Crippen MR) is 50.7 cm³/mol. The Hall–Kier alpha value is -0.610. The fourth-order valence-corrected chi connectivity index (χ4v) is 2.14. The number of rotatable bonds is 2. The Morgan fingerprint density at radius 2 is 2.15 bits per heavy atom. The maximum Gasteiger partial charge on any atom is 0.309 e. The molecule has 4 heteroatoms. The van der Waals surface area contributed by atoms with Gasteiger partial charge in [0.05, 0.1) is 5.92 Å². The SMILES string of the molecule is CNC1C(C(=O)O)CN(C)C1(C)C. The van der Waals surface area contributed by atoms with Crippen LogP contribution in [0.3, 0.4) is 0 Å². The van der Waals surface area contributed by atoms with Gasteiger partial charge < -0.3 is 10.4 Å². The number of carboxylic acid groups (broad SMARTS) is 1. The predicted octanol–water partition coefficient (Wildman–Crippen LogP) is -0.000800. The number of likely N-dealkylation sites (tertiary alicyclic amines) is 1. The lowest BCUT2D eigenvalue weighted by Gasteiger charge is -2.33. The third kappa shape index (κ3) is 1.56. The standard InChI is InChI=1S/C9H18N2O2/c1-9(2)7(10-3)6(8(12)13)5-11(9)4/h6-7,10H,5H2,1-4H3,(H,12,13). The Balaban J connectivity index is 2.88. The van der Waals surface area contributed by atoms with Gasteiger partial charge in [-0.05, 0) is 27.9 Å². The van der Waals surface area contributed by atoms with Crippen molar-refractivity contribution < 1.29 is 9.90 Å². The molecule has 0 saturated carbocycles. The minimum atomic E-state index is -0.711. The molecule has 0 radical (unpaired) electrons. The molecule has 2 atom stereocenters. The summed E-state index contributed by atoms with van der Waals surface area (Å²) < 4.78 is 0. The second-order valence-electron chi connectivity index (χ2n) is 4.25. The van der Waals surface area contributed by atoms with E-state index in [0.29, 0.717) is 6.54 Å². The molecular formula is C9H18N2O2. The van der Waals surface area contributed by atoms with Crippen LogP contribution in [0.15, 0.2) is 0 Å². The molecule has 1 aliphatic rings. The molecule has 1 fully saturated rings. The Bertz CT molecular complexity index is 216. The van der Waals surface area contributed by atoms with Gasteiger partial charge in [0.25, 0.3) is 0 Å². The molecule has 0 aromatic heterocycles. The van der Waals surface area contributed by atoms with Crippen molar-refractivity contribution in [2.45, 2.75) is 25.4 Å². The zero-order chi connectivity index (χ0) is 10.2. The molecule has 0 amide bonds. The van der Waals surface area contributed by atoms with E-state index in [-0.39, 0.29) is 17.5 Å². The summed E-state index contributed by atoms with van der Waals surface area (Å²) in [6.45, 7) is 4.75. The first-order chi connectivity index (χ1) is 5.91. The summed E-state index contributed by atoms with van der Waals surface area (Å²) in [4.78, 5) is 13.0. The monoisotopic (exact) mass is 186 g/mol. The highest BCUT2D eigenvalue weighted by Gasteiger charge is 2.48. The first-order valence-corrected chi connectivity index (χ1v) is 4.52. The van der Waals surface area contributed by atoms with E-state index in [0.717, 1.165) is 0 Å². The molecule has 2 N–H and O–H groups in total. The number of nitrogens with one attached hydrogen (secondary N) is 1. The maximum absolute atomic E-state index is 10.9. The molecule has 2 unspecified atom stereocenters. The highest BCUT2D eigenvalue weighted by molar-refractivity contribution is 5.72. The second kappa shape index (κ2) is 3.27. The maximum atomic E-state index is 10.9. The van der Waals surface area contributed by atoms with Crippen LogP contribution in [0.1, 0.15) is 13.8 Å². The van der Waals surface area contributed by atoms with Crippen LogP contribution in [0.4, 0.5) is 0 Å². The molecule has 0 spiro atoms. The van der Waals surface area contributed by atoms with Crippen molar-refractivity contribution in [3.8, 4) is 0 Å². The summed E-state index contributed by atoms with van der Waals surface area (Å²) in [5, 5.41) is 12.1. The molecule has 0 aromatic rings. The van der Waals surface area contributed by atoms with Crippen molar-refractivity contribution in [3.63, 3.8) is 0 Å². The number of hydrogen-bond acceptors (Lipinski definition) is 3. The third-order valence-corrected chi connectivity index (χ3v) is 3.25. The first-order valence-electron chi connectivity index (χ1n) is 4.52. The van der Waals surface area contributed by atoms with Crippen LogP contribution in [-0.4, -0.2) is 48.2 Å². The Morgan fingerprint density at radius 1 is 1.62 bits per heavy atom. The average molecular weight is 186 g/mol. The van der Waals surface area contributed by atoms with E-state index in [1.807, 2.05) is 14.1 Å². The lowest BCUT2D eigenvalue weighted by atomic mass is 9.90. The van der Waals surface area contributed by atoms with Gasteiger partial charge in [-0.3, -0.25) is 9.69 Å². The van der Waals surface area contributed by atoms with Crippen molar-refractivity contribution in [1.29, 1.82) is 0 Å². The molecule has 13 heavy (non-hydrogen) atoms. The van der Waals surface area contributed by atoms with E-state index >= 15 is 0 Å². The van der Waals surface area contributed by atoms with Gasteiger partial charge in [0, 0.05) is 18.1 Å². The van der Waals surface area contributed by atoms with E-state index in [2.05, 4.69) is 24.1 Å². The van der Waals surface area contributed by atoms with Gasteiger partial charge in [-0.1, -0.05) is 0 Å². The molecule has 1 heterocycles. The summed E-state index contributed by atoms with van der Waals surface area (Å²) in [6, 6.07) is 0.0231. The number of carbonyl (C=O) groups is 1. The highest BCUT2D eigenvalue weighted by atomic mass is 16.4. The number of aliphatic carboxylic acids is 1. The second-order valence-corrected chi connectivity index (χ2v) is 4.25. The Labute approximate surface area is 78.9 Å². The van der Waals surface area contributed by atoms with Crippen molar-refractivity contribution in [3.05, 3.63) is 0 Å². The number of carboxylic acids is 1. The van der Waals surface area contributed by atoms with E-state index in [9.17, 15) is 4.79 Å². The van der Waals surface area contributed by atoms with Crippen LogP contribution in [0.25, 0.3) is 0 Å². The number of nitrogens with zero attached hydrogens (tertiary/aromatic N) is 1. The molecule has 0 aromatic carbocycles. The zero-order valence-electron chi connectivity index (χ0n) is 8.66.